The van der Waals surface area contributed by atoms with Crippen LogP contribution < -0.4 is 5.32 Å². The molecule has 1 aromatic carbocycles. The summed E-state index contributed by atoms with van der Waals surface area (Å²) >= 11 is 5.82. The average molecular weight is 261 g/mol. The molecule has 1 N–H and O–H groups in total. The Balaban J connectivity index is 2.07. The van der Waals surface area contributed by atoms with Gasteiger partial charge in [0.2, 0.25) is 5.91 Å². The first-order valence-corrected chi connectivity index (χ1v) is 6.02. The van der Waals surface area contributed by atoms with Crippen LogP contribution in [0.3, 0.4) is 0 Å². The summed E-state index contributed by atoms with van der Waals surface area (Å²) in [6, 6.07) is 12.7. The summed E-state index contributed by atoms with van der Waals surface area (Å²) < 4.78 is 0. The maximum atomic E-state index is 12.0. The van der Waals surface area contributed by atoms with Gasteiger partial charge < -0.3 is 5.32 Å². The highest BCUT2D eigenvalue weighted by Gasteiger charge is 2.15. The van der Waals surface area contributed by atoms with Crippen molar-refractivity contribution in [2.75, 3.05) is 5.32 Å². The number of halogens is 1. The third-order valence-electron chi connectivity index (χ3n) is 2.68. The maximum Gasteiger partial charge on any atom is 0.232 e. The molecule has 0 saturated heterocycles. The Kier molecular flexibility index (Phi) is 3.95. The third-order valence-corrected chi connectivity index (χ3v) is 2.93. The predicted molar refractivity (Wildman–Crippen MR) is 72.7 cm³/mol. The molecule has 2 aromatic rings. The molecule has 1 heterocycles. The van der Waals surface area contributed by atoms with Gasteiger partial charge in [-0.15, -0.1) is 0 Å². The van der Waals surface area contributed by atoms with Crippen molar-refractivity contribution in [3.8, 4) is 0 Å². The lowest BCUT2D eigenvalue weighted by molar-refractivity contribution is -0.117. The predicted octanol–water partition coefficient (Wildman–Crippen LogP) is 3.48. The topological polar surface area (TPSA) is 42.0 Å². The first-order chi connectivity index (χ1) is 8.66. The van der Waals surface area contributed by atoms with Crippen LogP contribution in [0, 0.1) is 0 Å². The molecule has 0 radical (unpaired) electrons. The normalized spacial score (nSPS) is 11.9. The molecule has 18 heavy (non-hydrogen) atoms. The highest BCUT2D eigenvalue weighted by Crippen LogP contribution is 2.19. The van der Waals surface area contributed by atoms with Gasteiger partial charge in [-0.2, -0.15) is 0 Å². The van der Waals surface area contributed by atoms with E-state index in [1.165, 1.54) is 0 Å². The van der Waals surface area contributed by atoms with Crippen LogP contribution >= 0.6 is 11.6 Å². The Morgan fingerprint density at radius 3 is 2.56 bits per heavy atom. The first kappa shape index (κ1) is 12.6. The quantitative estimate of drug-likeness (QED) is 0.918. The van der Waals surface area contributed by atoms with Crippen LogP contribution in [0.4, 0.5) is 5.82 Å². The van der Waals surface area contributed by atoms with Crippen LogP contribution in [0.2, 0.25) is 5.02 Å². The molecule has 3 nitrogen and oxygen atoms in total. The zero-order valence-corrected chi connectivity index (χ0v) is 10.7. The van der Waals surface area contributed by atoms with E-state index in [9.17, 15) is 4.79 Å². The minimum Gasteiger partial charge on any atom is -0.310 e. The molecule has 1 amide bonds. The fraction of sp³-hybridized carbons (Fsp3) is 0.143. The molecule has 0 aliphatic rings. The Morgan fingerprint density at radius 2 is 1.94 bits per heavy atom. The van der Waals surface area contributed by atoms with Gasteiger partial charge in [-0.25, -0.2) is 4.98 Å². The Bertz CT molecular complexity index is 525. The fourth-order valence-corrected chi connectivity index (χ4v) is 1.70. The van der Waals surface area contributed by atoms with Gasteiger partial charge in [0.25, 0.3) is 0 Å². The summed E-state index contributed by atoms with van der Waals surface area (Å²) in [6.07, 6.45) is 1.64. The second-order valence-corrected chi connectivity index (χ2v) is 4.41. The van der Waals surface area contributed by atoms with Crippen LogP contribution in [-0.2, 0) is 4.79 Å². The zero-order chi connectivity index (χ0) is 13.0. The van der Waals surface area contributed by atoms with Gasteiger partial charge in [0.15, 0.2) is 0 Å². The number of amides is 1. The van der Waals surface area contributed by atoms with Crippen molar-refractivity contribution in [1.29, 1.82) is 0 Å². The van der Waals surface area contributed by atoms with E-state index < -0.39 is 0 Å². The van der Waals surface area contributed by atoms with Gasteiger partial charge in [-0.05, 0) is 36.8 Å². The SMILES string of the molecule is CC(C(=O)Nc1ccccn1)c1ccc(Cl)cc1. The number of nitrogens with zero attached hydrogens (tertiary/aromatic N) is 1. The van der Waals surface area contributed by atoms with Crippen LogP contribution in [0.5, 0.6) is 0 Å². The smallest absolute Gasteiger partial charge is 0.232 e. The molecule has 1 atom stereocenters. The average Bonchev–Trinajstić information content (AvgIpc) is 2.40. The molecule has 0 bridgehead atoms. The van der Waals surface area contributed by atoms with Crippen molar-refractivity contribution >= 4 is 23.3 Å². The van der Waals surface area contributed by atoms with Gasteiger partial charge >= 0.3 is 0 Å². The van der Waals surface area contributed by atoms with Gasteiger partial charge in [0.05, 0.1) is 5.92 Å². The fourth-order valence-electron chi connectivity index (χ4n) is 1.57. The van der Waals surface area contributed by atoms with Gasteiger partial charge in [-0.3, -0.25) is 4.79 Å². The van der Waals surface area contributed by atoms with Crippen LogP contribution in [0.1, 0.15) is 18.4 Å². The van der Waals surface area contributed by atoms with Crippen molar-refractivity contribution in [3.05, 3.63) is 59.2 Å². The molecule has 0 spiro atoms. The van der Waals surface area contributed by atoms with E-state index in [4.69, 9.17) is 11.6 Å². The van der Waals surface area contributed by atoms with E-state index in [2.05, 4.69) is 10.3 Å². The highest BCUT2D eigenvalue weighted by molar-refractivity contribution is 6.30. The minimum atomic E-state index is -0.246. The number of nitrogens with one attached hydrogen (secondary N) is 1. The molecule has 0 aliphatic carbocycles. The molecule has 1 aromatic heterocycles. The molecule has 1 unspecified atom stereocenters. The number of rotatable bonds is 3. The standard InChI is InChI=1S/C14H13ClN2O/c1-10(11-5-7-12(15)8-6-11)14(18)17-13-4-2-3-9-16-13/h2-10H,1H3,(H,16,17,18). The number of hydrogen-bond acceptors (Lipinski definition) is 2. The van der Waals surface area contributed by atoms with Crippen molar-refractivity contribution < 1.29 is 4.79 Å². The molecule has 92 valence electrons. The van der Waals surface area contributed by atoms with Crippen LogP contribution in [-0.4, -0.2) is 10.9 Å². The number of anilines is 1. The molecule has 0 fully saturated rings. The van der Waals surface area contributed by atoms with Crippen molar-refractivity contribution in [2.45, 2.75) is 12.8 Å². The summed E-state index contributed by atoms with van der Waals surface area (Å²) in [5, 5.41) is 3.43. The van der Waals surface area contributed by atoms with Crippen molar-refractivity contribution in [2.24, 2.45) is 0 Å². The number of aromatic nitrogens is 1. The summed E-state index contributed by atoms with van der Waals surface area (Å²) in [4.78, 5) is 16.1. The molecule has 2 rings (SSSR count). The second-order valence-electron chi connectivity index (χ2n) is 3.98. The lowest BCUT2D eigenvalue weighted by atomic mass is 10.0. The number of carbonyl (C=O) groups excluding carboxylic acids is 1. The van der Waals surface area contributed by atoms with Gasteiger partial charge in [0.1, 0.15) is 5.82 Å². The lowest BCUT2D eigenvalue weighted by Gasteiger charge is -2.12. The summed E-state index contributed by atoms with van der Waals surface area (Å²) in [7, 11) is 0. The summed E-state index contributed by atoms with van der Waals surface area (Å²) in [5.74, 6) is 0.226. The minimum absolute atomic E-state index is 0.0870. The van der Waals surface area contributed by atoms with E-state index in [0.717, 1.165) is 5.56 Å². The number of carbonyl (C=O) groups is 1. The Hall–Kier alpha value is -1.87. The summed E-state index contributed by atoms with van der Waals surface area (Å²) in [6.45, 7) is 1.85. The van der Waals surface area contributed by atoms with E-state index in [-0.39, 0.29) is 11.8 Å². The lowest BCUT2D eigenvalue weighted by Crippen LogP contribution is -2.19. The maximum absolute atomic E-state index is 12.0. The Labute approximate surface area is 111 Å². The van der Waals surface area contributed by atoms with Gasteiger partial charge in [-0.1, -0.05) is 29.8 Å². The number of benzene rings is 1. The molecular weight excluding hydrogens is 248 g/mol. The van der Waals surface area contributed by atoms with Crippen LogP contribution in [0.25, 0.3) is 0 Å². The largest absolute Gasteiger partial charge is 0.310 e. The van der Waals surface area contributed by atoms with E-state index in [0.29, 0.717) is 10.8 Å². The number of hydrogen-bond donors (Lipinski definition) is 1. The molecule has 4 heteroatoms. The number of pyridine rings is 1. The molecule has 0 aliphatic heterocycles. The van der Waals surface area contributed by atoms with Crippen LogP contribution in [0.15, 0.2) is 48.7 Å². The van der Waals surface area contributed by atoms with E-state index >= 15 is 0 Å². The zero-order valence-electron chi connectivity index (χ0n) is 9.93. The molecule has 0 saturated carbocycles. The first-order valence-electron chi connectivity index (χ1n) is 5.64. The summed E-state index contributed by atoms with van der Waals surface area (Å²) in [5.41, 5.74) is 0.924. The van der Waals surface area contributed by atoms with Crippen molar-refractivity contribution in [3.63, 3.8) is 0 Å². The molecular formula is C14H13ClN2O. The monoisotopic (exact) mass is 260 g/mol. The van der Waals surface area contributed by atoms with Crippen molar-refractivity contribution in [1.82, 2.24) is 4.98 Å². The van der Waals surface area contributed by atoms with E-state index in [1.54, 1.807) is 30.5 Å². The van der Waals surface area contributed by atoms with E-state index in [1.807, 2.05) is 25.1 Å². The van der Waals surface area contributed by atoms with Gasteiger partial charge in [0, 0.05) is 11.2 Å². The second kappa shape index (κ2) is 5.65. The third kappa shape index (κ3) is 3.08. The Morgan fingerprint density at radius 1 is 1.22 bits per heavy atom. The highest BCUT2D eigenvalue weighted by atomic mass is 35.5.